The van der Waals surface area contributed by atoms with Crippen LogP contribution in [-0.2, 0) is 0 Å². The first kappa shape index (κ1) is 15.0. The second kappa shape index (κ2) is 6.17. The zero-order valence-corrected chi connectivity index (χ0v) is 14.8. The highest BCUT2D eigenvalue weighted by Gasteiger charge is 2.19. The van der Waals surface area contributed by atoms with Crippen LogP contribution < -0.4 is 4.90 Å². The summed E-state index contributed by atoms with van der Waals surface area (Å²) in [6.45, 7) is 1.48. The van der Waals surface area contributed by atoms with Crippen LogP contribution in [0.1, 0.15) is 12.8 Å². The lowest BCUT2D eigenvalue weighted by atomic mass is 10.1. The molecular formula is C17H15BrFN3S. The maximum atomic E-state index is 13.2. The Labute approximate surface area is 146 Å². The SMILES string of the molecule is FC1CCN(c2ccc(-c3nc4ccc(Br)cc4s3)cn2)CC1. The van der Waals surface area contributed by atoms with Crippen LogP contribution in [0.5, 0.6) is 0 Å². The third-order valence-electron chi connectivity index (χ3n) is 4.09. The molecule has 1 aliphatic heterocycles. The molecule has 6 heteroatoms. The monoisotopic (exact) mass is 391 g/mol. The van der Waals surface area contributed by atoms with Gasteiger partial charge in [-0.1, -0.05) is 15.9 Å². The van der Waals surface area contributed by atoms with E-state index in [0.717, 1.165) is 44.2 Å². The molecule has 0 spiro atoms. The van der Waals surface area contributed by atoms with Gasteiger partial charge in [0, 0.05) is 29.3 Å². The van der Waals surface area contributed by atoms with Crippen LogP contribution in [0.3, 0.4) is 0 Å². The predicted molar refractivity (Wildman–Crippen MR) is 96.9 cm³/mol. The number of fused-ring (bicyclic) bond motifs is 1. The molecular weight excluding hydrogens is 377 g/mol. The highest BCUT2D eigenvalue weighted by atomic mass is 79.9. The van der Waals surface area contributed by atoms with Crippen LogP contribution >= 0.6 is 27.3 Å². The largest absolute Gasteiger partial charge is 0.356 e. The third-order valence-corrected chi connectivity index (χ3v) is 5.65. The van der Waals surface area contributed by atoms with Gasteiger partial charge in [0.25, 0.3) is 0 Å². The van der Waals surface area contributed by atoms with Crippen molar-refractivity contribution in [2.75, 3.05) is 18.0 Å². The number of halogens is 2. The van der Waals surface area contributed by atoms with E-state index < -0.39 is 6.17 Å². The van der Waals surface area contributed by atoms with E-state index in [-0.39, 0.29) is 0 Å². The second-order valence-electron chi connectivity index (χ2n) is 5.70. The van der Waals surface area contributed by atoms with Crippen molar-refractivity contribution < 1.29 is 4.39 Å². The van der Waals surface area contributed by atoms with E-state index in [1.54, 1.807) is 11.3 Å². The first-order valence-corrected chi connectivity index (χ1v) is 9.21. The van der Waals surface area contributed by atoms with E-state index >= 15 is 0 Å². The van der Waals surface area contributed by atoms with E-state index in [1.165, 1.54) is 0 Å². The number of rotatable bonds is 2. The Kier molecular flexibility index (Phi) is 4.03. The molecule has 4 rings (SSSR count). The van der Waals surface area contributed by atoms with Crippen molar-refractivity contribution in [1.29, 1.82) is 0 Å². The molecule has 0 unspecified atom stereocenters. The van der Waals surface area contributed by atoms with E-state index in [4.69, 9.17) is 0 Å². The third kappa shape index (κ3) is 3.10. The zero-order chi connectivity index (χ0) is 15.8. The van der Waals surface area contributed by atoms with Gasteiger partial charge in [0.2, 0.25) is 0 Å². The van der Waals surface area contributed by atoms with Crippen LogP contribution in [0, 0.1) is 0 Å². The van der Waals surface area contributed by atoms with Crippen molar-refractivity contribution in [3.05, 3.63) is 41.0 Å². The zero-order valence-electron chi connectivity index (χ0n) is 12.4. The summed E-state index contributed by atoms with van der Waals surface area (Å²) in [5, 5.41) is 0.972. The Bertz CT molecular complexity index is 825. The fourth-order valence-corrected chi connectivity index (χ4v) is 4.31. The maximum Gasteiger partial charge on any atom is 0.128 e. The number of hydrogen-bond acceptors (Lipinski definition) is 4. The molecule has 3 nitrogen and oxygen atoms in total. The average molecular weight is 392 g/mol. The molecule has 0 N–H and O–H groups in total. The number of piperidine rings is 1. The second-order valence-corrected chi connectivity index (χ2v) is 7.64. The number of alkyl halides is 1. The molecule has 23 heavy (non-hydrogen) atoms. The van der Waals surface area contributed by atoms with Crippen LogP contribution in [0.4, 0.5) is 10.2 Å². The Morgan fingerprint density at radius 1 is 1.17 bits per heavy atom. The summed E-state index contributed by atoms with van der Waals surface area (Å²) in [6, 6.07) is 10.2. The van der Waals surface area contributed by atoms with Crippen molar-refractivity contribution in [2.24, 2.45) is 0 Å². The molecule has 1 aromatic carbocycles. The summed E-state index contributed by atoms with van der Waals surface area (Å²) >= 11 is 5.15. The molecule has 0 aliphatic carbocycles. The Morgan fingerprint density at radius 2 is 2.00 bits per heavy atom. The minimum atomic E-state index is -0.660. The summed E-state index contributed by atoms with van der Waals surface area (Å²) in [5.41, 5.74) is 2.02. The van der Waals surface area contributed by atoms with Crippen molar-refractivity contribution in [2.45, 2.75) is 19.0 Å². The molecule has 0 bridgehead atoms. The van der Waals surface area contributed by atoms with Gasteiger partial charge in [0.1, 0.15) is 17.0 Å². The molecule has 0 saturated carbocycles. The molecule has 1 saturated heterocycles. The van der Waals surface area contributed by atoms with Gasteiger partial charge in [-0.2, -0.15) is 0 Å². The molecule has 0 amide bonds. The summed E-state index contributed by atoms with van der Waals surface area (Å²) < 4.78 is 15.4. The van der Waals surface area contributed by atoms with Gasteiger partial charge in [-0.25, -0.2) is 14.4 Å². The van der Waals surface area contributed by atoms with Crippen LogP contribution in [0.25, 0.3) is 20.8 Å². The lowest BCUT2D eigenvalue weighted by Crippen LogP contribution is -2.34. The van der Waals surface area contributed by atoms with Crippen LogP contribution in [0.15, 0.2) is 41.0 Å². The van der Waals surface area contributed by atoms with Gasteiger partial charge in [0.15, 0.2) is 0 Å². The molecule has 1 aliphatic rings. The van der Waals surface area contributed by atoms with Crippen molar-refractivity contribution >= 4 is 43.3 Å². The Hall–Kier alpha value is -1.53. The smallest absolute Gasteiger partial charge is 0.128 e. The van der Waals surface area contributed by atoms with E-state index in [1.807, 2.05) is 24.4 Å². The first-order chi connectivity index (χ1) is 11.2. The molecule has 0 radical (unpaired) electrons. The minimum Gasteiger partial charge on any atom is -0.356 e. The number of hydrogen-bond donors (Lipinski definition) is 0. The van der Waals surface area contributed by atoms with Gasteiger partial charge >= 0.3 is 0 Å². The van der Waals surface area contributed by atoms with Gasteiger partial charge < -0.3 is 4.90 Å². The summed E-state index contributed by atoms with van der Waals surface area (Å²) in [7, 11) is 0. The van der Waals surface area contributed by atoms with Gasteiger partial charge in [-0.15, -0.1) is 11.3 Å². The summed E-state index contributed by atoms with van der Waals surface area (Å²) in [5.74, 6) is 0.921. The van der Waals surface area contributed by atoms with Gasteiger partial charge in [0.05, 0.1) is 10.2 Å². The summed E-state index contributed by atoms with van der Waals surface area (Å²) in [4.78, 5) is 11.4. The number of aromatic nitrogens is 2. The minimum absolute atomic E-state index is 0.593. The van der Waals surface area contributed by atoms with Crippen molar-refractivity contribution in [1.82, 2.24) is 9.97 Å². The van der Waals surface area contributed by atoms with Crippen LogP contribution in [0.2, 0.25) is 0 Å². The standard InChI is InChI=1S/C17H15BrFN3S/c18-12-2-3-14-15(9-12)23-17(21-14)11-1-4-16(20-10-11)22-7-5-13(19)6-8-22/h1-4,9-10,13H,5-8H2. The van der Waals surface area contributed by atoms with E-state index in [2.05, 4.69) is 42.9 Å². The fourth-order valence-electron chi connectivity index (χ4n) is 2.80. The molecule has 0 atom stereocenters. The molecule has 2 aromatic heterocycles. The number of anilines is 1. The van der Waals surface area contributed by atoms with E-state index in [0.29, 0.717) is 12.8 Å². The lowest BCUT2D eigenvalue weighted by Gasteiger charge is -2.29. The normalized spacial score (nSPS) is 16.2. The number of benzene rings is 1. The van der Waals surface area contributed by atoms with E-state index in [9.17, 15) is 4.39 Å². The number of thiazole rings is 1. The number of nitrogens with zero attached hydrogens (tertiary/aromatic N) is 3. The first-order valence-electron chi connectivity index (χ1n) is 7.60. The quantitative estimate of drug-likeness (QED) is 0.611. The lowest BCUT2D eigenvalue weighted by molar-refractivity contribution is 0.277. The molecule has 118 valence electrons. The van der Waals surface area contributed by atoms with Crippen molar-refractivity contribution in [3.8, 4) is 10.6 Å². The van der Waals surface area contributed by atoms with Crippen molar-refractivity contribution in [3.63, 3.8) is 0 Å². The van der Waals surface area contributed by atoms with Gasteiger partial charge in [-0.05, 0) is 43.2 Å². The number of pyridine rings is 1. The summed E-state index contributed by atoms with van der Waals surface area (Å²) in [6.07, 6.45) is 2.39. The Morgan fingerprint density at radius 3 is 2.74 bits per heavy atom. The maximum absolute atomic E-state index is 13.2. The van der Waals surface area contributed by atoms with Gasteiger partial charge in [-0.3, -0.25) is 0 Å². The molecule has 3 heterocycles. The van der Waals surface area contributed by atoms with Crippen LogP contribution in [-0.4, -0.2) is 29.2 Å². The average Bonchev–Trinajstić information content (AvgIpc) is 2.99. The molecule has 3 aromatic rings. The predicted octanol–water partition coefficient (Wildman–Crippen LogP) is 5.06. The highest BCUT2D eigenvalue weighted by molar-refractivity contribution is 9.10. The topological polar surface area (TPSA) is 29.0 Å². The Balaban J connectivity index is 1.59. The fraction of sp³-hybridized carbons (Fsp3) is 0.294. The highest BCUT2D eigenvalue weighted by Crippen LogP contribution is 2.32. The molecule has 1 fully saturated rings.